The molecule has 3 amide bonds. The number of benzene rings is 1. The number of carbonyl (C=O) groups is 3. The highest BCUT2D eigenvalue weighted by molar-refractivity contribution is 6.07. The zero-order valence-corrected chi connectivity index (χ0v) is 12.3. The van der Waals surface area contributed by atoms with E-state index in [1.165, 1.54) is 11.8 Å². The van der Waals surface area contributed by atoms with E-state index in [0.29, 0.717) is 5.69 Å². The maximum Gasteiger partial charge on any atom is 0.252 e. The molecule has 1 aliphatic heterocycles. The average Bonchev–Trinajstić information content (AvgIpc) is 2.66. The van der Waals surface area contributed by atoms with Gasteiger partial charge in [0.05, 0.1) is 6.42 Å². The molecule has 1 fully saturated rings. The van der Waals surface area contributed by atoms with E-state index >= 15 is 0 Å². The van der Waals surface area contributed by atoms with Crippen LogP contribution in [0, 0.1) is 0 Å². The van der Waals surface area contributed by atoms with E-state index in [4.69, 9.17) is 0 Å². The quantitative estimate of drug-likeness (QED) is 0.825. The summed E-state index contributed by atoms with van der Waals surface area (Å²) in [6, 6.07) is 6.36. The van der Waals surface area contributed by atoms with Crippen LogP contribution in [0.25, 0.3) is 0 Å². The fraction of sp³-hybridized carbons (Fsp3) is 0.400. The summed E-state index contributed by atoms with van der Waals surface area (Å²) >= 11 is 0. The third kappa shape index (κ3) is 3.39. The summed E-state index contributed by atoms with van der Waals surface area (Å²) < 4.78 is 0. The standard InChI is InChI=1S/C15H19N3O3/c1-9(2)18-14(20)8-13(15(18)21)17-12-6-4-11(5-7-12)16-10(3)19/h4-7,9,13,17H,8H2,1-3H3,(H,16,19). The van der Waals surface area contributed by atoms with E-state index in [2.05, 4.69) is 10.6 Å². The fourth-order valence-corrected chi connectivity index (χ4v) is 2.36. The highest BCUT2D eigenvalue weighted by Crippen LogP contribution is 2.21. The molecule has 1 aromatic rings. The van der Waals surface area contributed by atoms with Gasteiger partial charge in [0.1, 0.15) is 6.04 Å². The Bertz CT molecular complexity index is 566. The molecule has 1 unspecified atom stereocenters. The first-order valence-electron chi connectivity index (χ1n) is 6.88. The van der Waals surface area contributed by atoms with Crippen LogP contribution >= 0.6 is 0 Å². The number of anilines is 2. The molecule has 0 aromatic heterocycles. The third-order valence-electron chi connectivity index (χ3n) is 3.25. The van der Waals surface area contributed by atoms with Crippen molar-refractivity contribution in [2.45, 2.75) is 39.3 Å². The minimum absolute atomic E-state index is 0.126. The predicted molar refractivity (Wildman–Crippen MR) is 79.8 cm³/mol. The van der Waals surface area contributed by atoms with Gasteiger partial charge in [-0.1, -0.05) is 0 Å². The van der Waals surface area contributed by atoms with Gasteiger partial charge in [0.15, 0.2) is 0 Å². The minimum Gasteiger partial charge on any atom is -0.373 e. The maximum atomic E-state index is 12.2. The molecule has 6 heteroatoms. The summed E-state index contributed by atoms with van der Waals surface area (Å²) in [6.45, 7) is 5.08. The number of imide groups is 1. The van der Waals surface area contributed by atoms with Gasteiger partial charge in [-0.3, -0.25) is 19.3 Å². The number of hydrogen-bond donors (Lipinski definition) is 2. The Kier molecular flexibility index (Phi) is 4.26. The van der Waals surface area contributed by atoms with Crippen LogP contribution in [0.2, 0.25) is 0 Å². The smallest absolute Gasteiger partial charge is 0.252 e. The number of rotatable bonds is 4. The minimum atomic E-state index is -0.522. The molecule has 1 atom stereocenters. The van der Waals surface area contributed by atoms with Crippen molar-refractivity contribution in [3.05, 3.63) is 24.3 Å². The van der Waals surface area contributed by atoms with Crippen molar-refractivity contribution in [3.63, 3.8) is 0 Å². The van der Waals surface area contributed by atoms with E-state index in [0.717, 1.165) is 5.69 Å². The lowest BCUT2D eigenvalue weighted by atomic mass is 10.2. The summed E-state index contributed by atoms with van der Waals surface area (Å²) in [5.74, 6) is -0.483. The molecule has 6 nitrogen and oxygen atoms in total. The topological polar surface area (TPSA) is 78.5 Å². The van der Waals surface area contributed by atoms with E-state index in [1.807, 2.05) is 13.8 Å². The number of nitrogens with one attached hydrogen (secondary N) is 2. The second-order valence-electron chi connectivity index (χ2n) is 5.36. The van der Waals surface area contributed by atoms with Gasteiger partial charge in [0, 0.05) is 24.3 Å². The third-order valence-corrected chi connectivity index (χ3v) is 3.25. The molecule has 1 aromatic carbocycles. The van der Waals surface area contributed by atoms with Crippen molar-refractivity contribution < 1.29 is 14.4 Å². The molecular formula is C15H19N3O3. The second-order valence-corrected chi connectivity index (χ2v) is 5.36. The van der Waals surface area contributed by atoms with Crippen LogP contribution in [0.1, 0.15) is 27.2 Å². The van der Waals surface area contributed by atoms with Crippen LogP contribution in [0.4, 0.5) is 11.4 Å². The number of hydrogen-bond acceptors (Lipinski definition) is 4. The lowest BCUT2D eigenvalue weighted by molar-refractivity contribution is -0.140. The lowest BCUT2D eigenvalue weighted by Crippen LogP contribution is -2.39. The number of carbonyl (C=O) groups excluding carboxylic acids is 3. The second kappa shape index (κ2) is 5.95. The van der Waals surface area contributed by atoms with Crippen molar-refractivity contribution in [1.82, 2.24) is 4.90 Å². The Labute approximate surface area is 123 Å². The van der Waals surface area contributed by atoms with Crippen LogP contribution in [-0.2, 0) is 14.4 Å². The molecule has 0 bridgehead atoms. The molecule has 112 valence electrons. The van der Waals surface area contributed by atoms with Gasteiger partial charge < -0.3 is 10.6 Å². The van der Waals surface area contributed by atoms with E-state index in [1.54, 1.807) is 24.3 Å². The predicted octanol–water partition coefficient (Wildman–Crippen LogP) is 1.59. The molecule has 0 spiro atoms. The van der Waals surface area contributed by atoms with Gasteiger partial charge in [-0.05, 0) is 38.1 Å². The van der Waals surface area contributed by atoms with Crippen LogP contribution in [0.5, 0.6) is 0 Å². The lowest BCUT2D eigenvalue weighted by Gasteiger charge is -2.19. The number of amides is 3. The van der Waals surface area contributed by atoms with Gasteiger partial charge in [-0.25, -0.2) is 0 Å². The Morgan fingerprint density at radius 2 is 1.76 bits per heavy atom. The van der Waals surface area contributed by atoms with Crippen molar-refractivity contribution >= 4 is 29.1 Å². The Hall–Kier alpha value is -2.37. The molecule has 1 aliphatic rings. The normalized spacial score (nSPS) is 18.3. The Balaban J connectivity index is 2.04. The van der Waals surface area contributed by atoms with Crippen LogP contribution in [0.15, 0.2) is 24.3 Å². The molecule has 1 heterocycles. The summed E-state index contributed by atoms with van der Waals surface area (Å²) in [4.78, 5) is 36.2. The van der Waals surface area contributed by atoms with Crippen molar-refractivity contribution in [1.29, 1.82) is 0 Å². The molecular weight excluding hydrogens is 270 g/mol. The Morgan fingerprint density at radius 1 is 1.19 bits per heavy atom. The van der Waals surface area contributed by atoms with Gasteiger partial charge in [0.25, 0.3) is 5.91 Å². The average molecular weight is 289 g/mol. The van der Waals surface area contributed by atoms with Crippen LogP contribution in [0.3, 0.4) is 0 Å². The highest BCUT2D eigenvalue weighted by atomic mass is 16.2. The first-order valence-corrected chi connectivity index (χ1v) is 6.88. The van der Waals surface area contributed by atoms with Crippen LogP contribution < -0.4 is 10.6 Å². The summed E-state index contributed by atoms with van der Waals surface area (Å²) in [7, 11) is 0. The van der Waals surface area contributed by atoms with Crippen molar-refractivity contribution in [2.24, 2.45) is 0 Å². The van der Waals surface area contributed by atoms with Gasteiger partial charge >= 0.3 is 0 Å². The molecule has 0 aliphatic carbocycles. The van der Waals surface area contributed by atoms with E-state index < -0.39 is 6.04 Å². The summed E-state index contributed by atoms with van der Waals surface area (Å²) in [6.07, 6.45) is 0.171. The molecule has 1 saturated heterocycles. The van der Waals surface area contributed by atoms with E-state index in [-0.39, 0.29) is 30.2 Å². The SMILES string of the molecule is CC(=O)Nc1ccc(NC2CC(=O)N(C(C)C)C2=O)cc1. The zero-order valence-electron chi connectivity index (χ0n) is 12.3. The zero-order chi connectivity index (χ0) is 15.6. The number of nitrogens with zero attached hydrogens (tertiary/aromatic N) is 1. The van der Waals surface area contributed by atoms with Gasteiger partial charge in [0.2, 0.25) is 11.8 Å². The van der Waals surface area contributed by atoms with Crippen molar-refractivity contribution in [2.75, 3.05) is 10.6 Å². The maximum absolute atomic E-state index is 12.2. The fourth-order valence-electron chi connectivity index (χ4n) is 2.36. The molecule has 2 N–H and O–H groups in total. The molecule has 21 heavy (non-hydrogen) atoms. The number of likely N-dealkylation sites (tertiary alicyclic amines) is 1. The highest BCUT2D eigenvalue weighted by Gasteiger charge is 2.39. The molecule has 2 rings (SSSR count). The first kappa shape index (κ1) is 15.0. The summed E-state index contributed by atoms with van der Waals surface area (Å²) in [5, 5.41) is 5.73. The van der Waals surface area contributed by atoms with Gasteiger partial charge in [-0.15, -0.1) is 0 Å². The van der Waals surface area contributed by atoms with E-state index in [9.17, 15) is 14.4 Å². The Morgan fingerprint density at radius 3 is 2.24 bits per heavy atom. The van der Waals surface area contributed by atoms with Crippen LogP contribution in [-0.4, -0.2) is 34.7 Å². The molecule has 0 radical (unpaired) electrons. The largest absolute Gasteiger partial charge is 0.373 e. The van der Waals surface area contributed by atoms with Crippen molar-refractivity contribution in [3.8, 4) is 0 Å². The van der Waals surface area contributed by atoms with Gasteiger partial charge in [-0.2, -0.15) is 0 Å². The summed E-state index contributed by atoms with van der Waals surface area (Å²) in [5.41, 5.74) is 1.42. The monoisotopic (exact) mass is 289 g/mol. The first-order chi connectivity index (χ1) is 9.88. The molecule has 0 saturated carbocycles.